The highest BCUT2D eigenvalue weighted by Gasteiger charge is 2.28. The van der Waals surface area contributed by atoms with E-state index in [4.69, 9.17) is 24.6 Å². The molecule has 1 aliphatic heterocycles. The number of unbranched alkanes of at least 4 members (excludes halogenated alkanes) is 21. The first-order chi connectivity index (χ1) is 33.1. The normalized spacial score (nSPS) is 12.3. The van der Waals surface area contributed by atoms with Gasteiger partial charge in [0.15, 0.2) is 5.34 Å². The maximum absolute atomic E-state index is 9.92. The summed E-state index contributed by atoms with van der Waals surface area (Å²) in [4.78, 5) is 44.8. The molecule has 0 spiro atoms. The van der Waals surface area contributed by atoms with Gasteiger partial charge in [-0.25, -0.2) is 0 Å². The van der Waals surface area contributed by atoms with Gasteiger partial charge in [0.25, 0.3) is 12.9 Å². The summed E-state index contributed by atoms with van der Waals surface area (Å²) in [6.45, 7) is 30.1. The minimum atomic E-state index is -0.250. The second-order valence-corrected chi connectivity index (χ2v) is 21.2. The molecule has 2 N–H and O–H groups in total. The van der Waals surface area contributed by atoms with Crippen molar-refractivity contribution in [3.05, 3.63) is 4.91 Å². The Morgan fingerprint density at radius 1 is 0.536 bits per heavy atom. The molecular formula is C59H125N3O7. The second-order valence-electron chi connectivity index (χ2n) is 21.2. The number of aldehydes is 1. The first-order valence-corrected chi connectivity index (χ1v) is 29.0. The van der Waals surface area contributed by atoms with Crippen molar-refractivity contribution < 1.29 is 29.4 Å². The smallest absolute Gasteiger partial charge is 0.290 e. The third-order valence-corrected chi connectivity index (χ3v) is 13.2. The molecule has 0 aromatic carbocycles. The van der Waals surface area contributed by atoms with Crippen LogP contribution < -0.4 is 0 Å². The van der Waals surface area contributed by atoms with Gasteiger partial charge in [-0.05, 0) is 135 Å². The lowest BCUT2D eigenvalue weighted by atomic mass is 9.70. The van der Waals surface area contributed by atoms with Gasteiger partial charge in [0, 0.05) is 0 Å². The summed E-state index contributed by atoms with van der Waals surface area (Å²) < 4.78 is 0. The molecular weight excluding hydrogens is 863 g/mol. The van der Waals surface area contributed by atoms with Gasteiger partial charge in [-0.1, -0.05) is 223 Å². The molecule has 0 saturated carbocycles. The van der Waals surface area contributed by atoms with Crippen molar-refractivity contribution in [2.24, 2.45) is 22.1 Å². The van der Waals surface area contributed by atoms with E-state index in [2.05, 4.69) is 103 Å². The maximum Gasteiger partial charge on any atom is 0.290 e. The minimum absolute atomic E-state index is 0.250. The van der Waals surface area contributed by atoms with E-state index in [0.29, 0.717) is 17.4 Å². The lowest BCUT2D eigenvalue weighted by molar-refractivity contribution is -0.123. The number of hydrogen-bond donors (Lipinski definition) is 2. The zero-order chi connectivity index (χ0) is 53.6. The highest BCUT2D eigenvalue weighted by atomic mass is 16.7. The zero-order valence-corrected chi connectivity index (χ0v) is 48.9. The Balaban J connectivity index is -0.000000210. The lowest BCUT2D eigenvalue weighted by Gasteiger charge is -2.35. The fourth-order valence-corrected chi connectivity index (χ4v) is 8.69. The summed E-state index contributed by atoms with van der Waals surface area (Å²) >= 11 is 0. The van der Waals surface area contributed by atoms with Gasteiger partial charge in [0.1, 0.15) is 12.9 Å². The van der Waals surface area contributed by atoms with Crippen molar-refractivity contribution in [3.63, 3.8) is 0 Å². The van der Waals surface area contributed by atoms with E-state index in [1.54, 1.807) is 0 Å². The topological polar surface area (TPSA) is 137 Å². The first kappa shape index (κ1) is 78.4. The Hall–Kier alpha value is -2.07. The van der Waals surface area contributed by atoms with E-state index in [-0.39, 0.29) is 12.9 Å². The van der Waals surface area contributed by atoms with Crippen molar-refractivity contribution in [3.8, 4) is 0 Å². The van der Waals surface area contributed by atoms with E-state index in [1.807, 2.05) is 0 Å². The Labute approximate surface area is 431 Å². The molecule has 1 aliphatic rings. The van der Waals surface area contributed by atoms with Gasteiger partial charge in [0.2, 0.25) is 0 Å². The number of carbonyl (C=O) groups excluding carboxylic acids is 1. The molecule has 1 unspecified atom stereocenters. The summed E-state index contributed by atoms with van der Waals surface area (Å²) in [5.41, 5.74) is 1.03. The first-order valence-electron chi connectivity index (χ1n) is 29.0. The van der Waals surface area contributed by atoms with E-state index >= 15 is 0 Å². The Morgan fingerprint density at radius 2 is 0.884 bits per heavy atom. The molecule has 1 heterocycles. The predicted octanol–water partition coefficient (Wildman–Crippen LogP) is 18.6. The SMILES string of the molecule is CC=O.CCCC.CCCCCCCCC(CCCCCC)C(C)(C)CCCCCCON=O.CCCCCCCCCCCC(C)(C)CCCCN1CCCC1.CCCN(C)C.O=CO.O=CO. The van der Waals surface area contributed by atoms with E-state index in [1.165, 1.54) is 245 Å². The van der Waals surface area contributed by atoms with Gasteiger partial charge in [-0.2, -0.15) is 0 Å². The van der Waals surface area contributed by atoms with Crippen LogP contribution in [0.4, 0.5) is 0 Å². The van der Waals surface area contributed by atoms with Crippen LogP contribution in [0.25, 0.3) is 0 Å². The van der Waals surface area contributed by atoms with E-state index in [0.717, 1.165) is 25.0 Å². The van der Waals surface area contributed by atoms with Crippen molar-refractivity contribution in [1.29, 1.82) is 0 Å². The molecule has 0 aromatic heterocycles. The van der Waals surface area contributed by atoms with E-state index < -0.39 is 0 Å². The highest BCUT2D eigenvalue weighted by Crippen LogP contribution is 2.39. The molecule has 1 fully saturated rings. The number of carboxylic acid groups (broad SMARTS) is 2. The fraction of sp³-hybridized carbons (Fsp3) is 0.949. The Morgan fingerprint density at radius 3 is 1.25 bits per heavy atom. The second kappa shape index (κ2) is 68.0. The molecule has 1 atom stereocenters. The van der Waals surface area contributed by atoms with Crippen LogP contribution in [0.2, 0.25) is 0 Å². The summed E-state index contributed by atoms with van der Waals surface area (Å²) in [6.07, 6.45) is 49.1. The predicted molar refractivity (Wildman–Crippen MR) is 303 cm³/mol. The van der Waals surface area contributed by atoms with Crippen molar-refractivity contribution in [1.82, 2.24) is 9.80 Å². The molecule has 0 radical (unpaired) electrons. The average molecular weight is 989 g/mol. The molecule has 0 aliphatic carbocycles. The van der Waals surface area contributed by atoms with Crippen LogP contribution >= 0.6 is 0 Å². The number of nitrogens with zero attached hydrogens (tertiary/aromatic N) is 3. The molecule has 0 amide bonds. The van der Waals surface area contributed by atoms with Crippen molar-refractivity contribution in [2.75, 3.05) is 46.9 Å². The van der Waals surface area contributed by atoms with Crippen LogP contribution in [-0.2, 0) is 19.2 Å². The maximum atomic E-state index is 9.92. The lowest BCUT2D eigenvalue weighted by Crippen LogP contribution is -2.24. The third kappa shape index (κ3) is 77.6. The minimum Gasteiger partial charge on any atom is -0.483 e. The van der Waals surface area contributed by atoms with Crippen LogP contribution in [0.3, 0.4) is 0 Å². The summed E-state index contributed by atoms with van der Waals surface area (Å²) in [5, 5.41) is 16.2. The molecule has 10 heteroatoms. The van der Waals surface area contributed by atoms with Crippen molar-refractivity contribution >= 4 is 19.2 Å². The molecule has 1 rings (SSSR count). The molecule has 418 valence electrons. The summed E-state index contributed by atoms with van der Waals surface area (Å²) in [6, 6.07) is 0. The van der Waals surface area contributed by atoms with E-state index in [9.17, 15) is 4.91 Å². The van der Waals surface area contributed by atoms with Crippen molar-refractivity contribution in [2.45, 2.75) is 301 Å². The van der Waals surface area contributed by atoms with Gasteiger partial charge < -0.3 is 29.6 Å². The van der Waals surface area contributed by atoms with Crippen LogP contribution in [0.5, 0.6) is 0 Å². The molecule has 1 saturated heterocycles. The number of hydrogen-bond acceptors (Lipinski definition) is 8. The van der Waals surface area contributed by atoms with Crippen LogP contribution in [-0.4, -0.2) is 86.1 Å². The van der Waals surface area contributed by atoms with Gasteiger partial charge in [-0.3, -0.25) is 9.59 Å². The highest BCUT2D eigenvalue weighted by molar-refractivity contribution is 5.44. The Bertz CT molecular complexity index is 929. The third-order valence-electron chi connectivity index (χ3n) is 13.2. The zero-order valence-electron chi connectivity index (χ0n) is 48.9. The summed E-state index contributed by atoms with van der Waals surface area (Å²) in [5.74, 6) is 0.878. The number of rotatable bonds is 39. The quantitative estimate of drug-likeness (QED) is 0.0267. The van der Waals surface area contributed by atoms with Crippen LogP contribution in [0.1, 0.15) is 301 Å². The molecule has 0 aromatic rings. The number of likely N-dealkylation sites (tertiary alicyclic amines) is 1. The van der Waals surface area contributed by atoms with Gasteiger partial charge >= 0.3 is 0 Å². The van der Waals surface area contributed by atoms with Gasteiger partial charge in [0.05, 0.1) is 0 Å². The average Bonchev–Trinajstić information content (AvgIpc) is 3.84. The number of carbonyl (C=O) groups is 3. The molecule has 0 bridgehead atoms. The largest absolute Gasteiger partial charge is 0.483 e. The van der Waals surface area contributed by atoms with Gasteiger partial charge in [-0.15, -0.1) is 4.91 Å². The monoisotopic (exact) mass is 988 g/mol. The molecule has 69 heavy (non-hydrogen) atoms. The van der Waals surface area contributed by atoms with Crippen LogP contribution in [0.15, 0.2) is 5.34 Å². The fourth-order valence-electron chi connectivity index (χ4n) is 8.69. The Kier molecular flexibility index (Phi) is 77.2. The van der Waals surface area contributed by atoms with Crippen LogP contribution in [0, 0.1) is 21.7 Å². The molecule has 10 nitrogen and oxygen atoms in total. The standard InChI is InChI=1S/C24H49NO2.C22H45N.C5H13N.C4H10.C2H4O.2CH2O2/c1-5-7-9-11-12-16-20-23(19-15-10-8-6-2)24(3,4)21-17-13-14-18-22-27-25-26;1-4-5-6-7-8-9-10-11-12-17-22(2,3)18-13-14-19-23-20-15-16-21-23;1-4-5-6(2)3;1-3-4-2;1-2-3;2*2-1-3/h23H,5-22H2,1-4H3;4-21H2,1-3H3;4-5H2,1-3H3;3-4H2,1-2H3;2H,1H3;2*1H,(H,2,3). The summed E-state index contributed by atoms with van der Waals surface area (Å²) in [7, 11) is 4.17.